The van der Waals surface area contributed by atoms with Gasteiger partial charge in [0, 0.05) is 11.1 Å². The van der Waals surface area contributed by atoms with E-state index >= 15 is 0 Å². The summed E-state index contributed by atoms with van der Waals surface area (Å²) < 4.78 is 0. The Kier molecular flexibility index (Phi) is 5.13. The van der Waals surface area contributed by atoms with Crippen LogP contribution in [0.2, 0.25) is 5.02 Å². The highest BCUT2D eigenvalue weighted by Crippen LogP contribution is 2.45. The van der Waals surface area contributed by atoms with E-state index in [1.165, 1.54) is 0 Å². The highest BCUT2D eigenvalue weighted by atomic mass is 35.5. The molecule has 1 heterocycles. The van der Waals surface area contributed by atoms with E-state index in [1.807, 2.05) is 55.5 Å². The largest absolute Gasteiger partial charge is 0.322 e. The number of anilines is 2. The van der Waals surface area contributed by atoms with E-state index in [0.29, 0.717) is 23.6 Å². The van der Waals surface area contributed by atoms with Crippen molar-refractivity contribution in [1.29, 1.82) is 0 Å². The fraction of sp³-hybridized carbons (Fsp3) is 0.364. The highest BCUT2D eigenvalue weighted by molar-refractivity contribution is 6.30. The maximum absolute atomic E-state index is 13.3. The highest BCUT2D eigenvalue weighted by Gasteiger charge is 2.51. The fourth-order valence-electron chi connectivity index (χ4n) is 4.32. The van der Waals surface area contributed by atoms with Crippen molar-refractivity contribution >= 4 is 34.8 Å². The molecule has 1 saturated carbocycles. The van der Waals surface area contributed by atoms with E-state index in [-0.39, 0.29) is 24.4 Å². The zero-order valence-corrected chi connectivity index (χ0v) is 16.6. The molecule has 0 saturated heterocycles. The van der Waals surface area contributed by atoms with Crippen LogP contribution in [0, 0.1) is 0 Å². The smallest absolute Gasteiger partial charge is 0.250 e. The van der Waals surface area contributed by atoms with E-state index < -0.39 is 5.54 Å². The Morgan fingerprint density at radius 3 is 2.57 bits per heavy atom. The van der Waals surface area contributed by atoms with Crippen molar-refractivity contribution in [1.82, 2.24) is 5.32 Å². The molecule has 0 unspecified atom stereocenters. The Bertz CT molecular complexity index is 891. The van der Waals surface area contributed by atoms with Gasteiger partial charge in [0.1, 0.15) is 5.54 Å². The van der Waals surface area contributed by atoms with Gasteiger partial charge in [0.25, 0.3) is 5.91 Å². The van der Waals surface area contributed by atoms with Gasteiger partial charge in [-0.25, -0.2) is 0 Å². The van der Waals surface area contributed by atoms with Crippen LogP contribution in [-0.2, 0) is 9.59 Å². The molecule has 0 radical (unpaired) electrons. The summed E-state index contributed by atoms with van der Waals surface area (Å²) >= 11 is 5.96. The molecule has 1 spiro atoms. The summed E-state index contributed by atoms with van der Waals surface area (Å²) in [6.45, 7) is 2.17. The maximum atomic E-state index is 13.3. The second-order valence-corrected chi connectivity index (χ2v) is 8.03. The SMILES string of the molecule is C[C@@H](NCC(=O)N1c2ccccc2NC(=O)C12CCCC2)c1ccc(Cl)cc1. The predicted molar refractivity (Wildman–Crippen MR) is 112 cm³/mol. The van der Waals surface area contributed by atoms with Crippen molar-refractivity contribution in [2.45, 2.75) is 44.2 Å². The van der Waals surface area contributed by atoms with Crippen LogP contribution in [0.25, 0.3) is 0 Å². The van der Waals surface area contributed by atoms with Gasteiger partial charge < -0.3 is 10.6 Å². The second kappa shape index (κ2) is 7.57. The zero-order valence-electron chi connectivity index (χ0n) is 15.9. The number of carbonyl (C=O) groups excluding carboxylic acids is 2. The summed E-state index contributed by atoms with van der Waals surface area (Å²) in [4.78, 5) is 28.0. The normalized spacial score (nSPS) is 18.6. The molecular weight excluding hydrogens is 374 g/mol. The molecule has 2 N–H and O–H groups in total. The molecule has 146 valence electrons. The van der Waals surface area contributed by atoms with Gasteiger partial charge in [-0.15, -0.1) is 0 Å². The first-order valence-electron chi connectivity index (χ1n) is 9.74. The molecule has 2 amide bonds. The molecule has 5 nitrogen and oxygen atoms in total. The van der Waals surface area contributed by atoms with Gasteiger partial charge in [0.15, 0.2) is 0 Å². The first-order valence-corrected chi connectivity index (χ1v) is 10.1. The first-order chi connectivity index (χ1) is 13.5. The first kappa shape index (κ1) is 19.0. The number of hydrogen-bond donors (Lipinski definition) is 2. The number of nitrogens with one attached hydrogen (secondary N) is 2. The molecule has 2 aromatic rings. The van der Waals surface area contributed by atoms with Crippen molar-refractivity contribution in [3.8, 4) is 0 Å². The maximum Gasteiger partial charge on any atom is 0.250 e. The number of halogens is 1. The minimum absolute atomic E-state index is 0.00499. The minimum Gasteiger partial charge on any atom is -0.322 e. The number of benzene rings is 2. The Morgan fingerprint density at radius 1 is 1.18 bits per heavy atom. The van der Waals surface area contributed by atoms with Crippen LogP contribution in [0.15, 0.2) is 48.5 Å². The van der Waals surface area contributed by atoms with E-state index in [1.54, 1.807) is 4.90 Å². The van der Waals surface area contributed by atoms with Crippen LogP contribution in [0.4, 0.5) is 11.4 Å². The number of rotatable bonds is 4. The summed E-state index contributed by atoms with van der Waals surface area (Å²) in [5.74, 6) is -0.146. The van der Waals surface area contributed by atoms with Gasteiger partial charge in [-0.1, -0.05) is 48.7 Å². The lowest BCUT2D eigenvalue weighted by molar-refractivity contribution is -0.127. The molecule has 1 fully saturated rings. The van der Waals surface area contributed by atoms with Crippen molar-refractivity contribution < 1.29 is 9.59 Å². The Hall–Kier alpha value is -2.37. The standard InChI is InChI=1S/C22H24ClN3O2/c1-15(16-8-10-17(23)11-9-16)24-14-20(27)26-19-7-3-2-6-18(19)25-21(28)22(26)12-4-5-13-22/h2-3,6-11,15,24H,4-5,12-14H2,1H3,(H,25,28)/t15-/m1/s1. The molecule has 28 heavy (non-hydrogen) atoms. The van der Waals surface area contributed by atoms with Gasteiger partial charge in [0.05, 0.1) is 17.9 Å². The second-order valence-electron chi connectivity index (χ2n) is 7.59. The van der Waals surface area contributed by atoms with Crippen molar-refractivity contribution in [2.24, 2.45) is 0 Å². The number of carbonyl (C=O) groups is 2. The van der Waals surface area contributed by atoms with E-state index in [9.17, 15) is 9.59 Å². The van der Waals surface area contributed by atoms with Crippen LogP contribution in [-0.4, -0.2) is 23.9 Å². The van der Waals surface area contributed by atoms with Crippen molar-refractivity contribution in [3.05, 3.63) is 59.1 Å². The van der Waals surface area contributed by atoms with E-state index in [2.05, 4.69) is 10.6 Å². The third-order valence-corrected chi connectivity index (χ3v) is 6.11. The monoisotopic (exact) mass is 397 g/mol. The average molecular weight is 398 g/mol. The van der Waals surface area contributed by atoms with Crippen LogP contribution >= 0.6 is 11.6 Å². The summed E-state index contributed by atoms with van der Waals surface area (Å²) in [5.41, 5.74) is 1.78. The fourth-order valence-corrected chi connectivity index (χ4v) is 4.44. The quantitative estimate of drug-likeness (QED) is 0.809. The van der Waals surface area contributed by atoms with Gasteiger partial charge in [-0.2, -0.15) is 0 Å². The summed E-state index contributed by atoms with van der Waals surface area (Å²) in [7, 11) is 0. The van der Waals surface area contributed by atoms with Crippen LogP contribution < -0.4 is 15.5 Å². The topological polar surface area (TPSA) is 61.4 Å². The van der Waals surface area contributed by atoms with Gasteiger partial charge in [-0.05, 0) is 49.6 Å². The molecular formula is C22H24ClN3O2. The predicted octanol–water partition coefficient (Wildman–Crippen LogP) is 4.29. The number of para-hydroxylation sites is 2. The van der Waals surface area contributed by atoms with Gasteiger partial charge in [0.2, 0.25) is 5.91 Å². The lowest BCUT2D eigenvalue weighted by Gasteiger charge is -2.44. The van der Waals surface area contributed by atoms with Crippen molar-refractivity contribution in [2.75, 3.05) is 16.8 Å². The Labute approximate surface area is 170 Å². The summed E-state index contributed by atoms with van der Waals surface area (Å²) in [6.07, 6.45) is 3.30. The number of nitrogens with zero attached hydrogens (tertiary/aromatic N) is 1. The third-order valence-electron chi connectivity index (χ3n) is 5.85. The lowest BCUT2D eigenvalue weighted by Crippen LogP contribution is -2.62. The van der Waals surface area contributed by atoms with Crippen LogP contribution in [0.1, 0.15) is 44.2 Å². The number of amides is 2. The number of fused-ring (bicyclic) bond motifs is 1. The Balaban J connectivity index is 1.57. The zero-order chi connectivity index (χ0) is 19.7. The van der Waals surface area contributed by atoms with Crippen molar-refractivity contribution in [3.63, 3.8) is 0 Å². The van der Waals surface area contributed by atoms with E-state index in [4.69, 9.17) is 11.6 Å². The molecule has 0 bridgehead atoms. The molecule has 1 aliphatic heterocycles. The molecule has 6 heteroatoms. The average Bonchev–Trinajstić information content (AvgIpc) is 3.18. The number of hydrogen-bond acceptors (Lipinski definition) is 3. The van der Waals surface area contributed by atoms with Crippen LogP contribution in [0.3, 0.4) is 0 Å². The molecule has 1 aliphatic carbocycles. The summed E-state index contributed by atoms with van der Waals surface area (Å²) in [5, 5.41) is 7.00. The molecule has 2 aliphatic rings. The van der Waals surface area contributed by atoms with Crippen LogP contribution in [0.5, 0.6) is 0 Å². The lowest BCUT2D eigenvalue weighted by atomic mass is 9.89. The minimum atomic E-state index is -0.767. The molecule has 2 aromatic carbocycles. The van der Waals surface area contributed by atoms with Gasteiger partial charge >= 0.3 is 0 Å². The summed E-state index contributed by atoms with van der Waals surface area (Å²) in [6, 6.07) is 15.1. The van der Waals surface area contributed by atoms with E-state index in [0.717, 1.165) is 24.1 Å². The molecule has 1 atom stereocenters. The third kappa shape index (κ3) is 3.29. The Morgan fingerprint density at radius 2 is 1.86 bits per heavy atom. The van der Waals surface area contributed by atoms with Gasteiger partial charge in [-0.3, -0.25) is 14.5 Å². The molecule has 4 rings (SSSR count). The molecule has 0 aromatic heterocycles.